The van der Waals surface area contributed by atoms with Crippen molar-refractivity contribution >= 4 is 27.3 Å². The molecule has 1 N–H and O–H groups in total. The molecule has 1 atom stereocenters. The molecule has 0 aliphatic rings. The van der Waals surface area contributed by atoms with E-state index < -0.39 is 27.4 Å². The summed E-state index contributed by atoms with van der Waals surface area (Å²) in [7, 11) is -3.84. The normalized spacial score (nSPS) is 12.3. The number of carbonyl (C=O) groups is 1. The predicted molar refractivity (Wildman–Crippen MR) is 112 cm³/mol. The van der Waals surface area contributed by atoms with Crippen LogP contribution in [0.1, 0.15) is 35.2 Å². The molecule has 0 bridgehead atoms. The van der Waals surface area contributed by atoms with E-state index in [0.29, 0.717) is 0 Å². The lowest BCUT2D eigenvalue weighted by molar-refractivity contribution is -0.385. The van der Waals surface area contributed by atoms with Gasteiger partial charge in [-0.25, -0.2) is 8.42 Å². The smallest absolute Gasteiger partial charge is 0.274 e. The molecule has 2 aromatic rings. The van der Waals surface area contributed by atoms with Crippen LogP contribution in [0.3, 0.4) is 0 Å². The topological polar surface area (TPSA) is 110 Å². The maximum Gasteiger partial charge on any atom is 0.274 e. The standard InChI is InChI=1S/C20H25N3O5S/c1-13-9-10-17(11-14(13)2)16(4)21-20(24)12-22(29(5,27)28)18-7-6-8-19(15(18)3)23(25)26/h6-11,16H,12H2,1-5H3,(H,21,24)/t16-/m0/s1. The zero-order valence-corrected chi connectivity index (χ0v) is 17.9. The molecule has 0 unspecified atom stereocenters. The van der Waals surface area contributed by atoms with Crippen LogP contribution in [0.2, 0.25) is 0 Å². The van der Waals surface area contributed by atoms with Crippen molar-refractivity contribution < 1.29 is 18.1 Å². The Kier molecular flexibility index (Phi) is 6.63. The van der Waals surface area contributed by atoms with Crippen LogP contribution in [0.5, 0.6) is 0 Å². The molecule has 0 fully saturated rings. The molecule has 29 heavy (non-hydrogen) atoms. The molecule has 0 aliphatic heterocycles. The largest absolute Gasteiger partial charge is 0.348 e. The highest BCUT2D eigenvalue weighted by Gasteiger charge is 2.26. The van der Waals surface area contributed by atoms with Crippen LogP contribution in [0.15, 0.2) is 36.4 Å². The summed E-state index contributed by atoms with van der Waals surface area (Å²) in [5.74, 6) is -0.507. The molecule has 8 nitrogen and oxygen atoms in total. The Labute approximate surface area is 170 Å². The van der Waals surface area contributed by atoms with Crippen LogP contribution >= 0.6 is 0 Å². The van der Waals surface area contributed by atoms with Gasteiger partial charge in [0, 0.05) is 6.07 Å². The number of benzene rings is 2. The monoisotopic (exact) mass is 419 g/mol. The van der Waals surface area contributed by atoms with E-state index in [1.807, 2.05) is 39.0 Å². The number of carbonyl (C=O) groups excluding carboxylic acids is 1. The minimum atomic E-state index is -3.84. The van der Waals surface area contributed by atoms with Crippen LogP contribution in [0.25, 0.3) is 0 Å². The Morgan fingerprint density at radius 2 is 1.83 bits per heavy atom. The summed E-state index contributed by atoms with van der Waals surface area (Å²) < 4.78 is 25.5. The minimum absolute atomic E-state index is 0.107. The van der Waals surface area contributed by atoms with E-state index in [1.165, 1.54) is 25.1 Å². The van der Waals surface area contributed by atoms with Gasteiger partial charge < -0.3 is 5.32 Å². The second-order valence-electron chi connectivity index (χ2n) is 7.08. The number of nitrogens with one attached hydrogen (secondary N) is 1. The molecular formula is C20H25N3O5S. The van der Waals surface area contributed by atoms with Gasteiger partial charge in [-0.2, -0.15) is 0 Å². The third-order valence-electron chi connectivity index (χ3n) is 4.84. The molecular weight excluding hydrogens is 394 g/mol. The molecule has 0 saturated heterocycles. The van der Waals surface area contributed by atoms with Crippen LogP contribution in [0, 0.1) is 30.9 Å². The van der Waals surface area contributed by atoms with Gasteiger partial charge in [0.25, 0.3) is 5.69 Å². The number of aryl methyl sites for hydroxylation is 2. The summed E-state index contributed by atoms with van der Waals surface area (Å²) in [6, 6.07) is 9.65. The zero-order chi connectivity index (χ0) is 21.9. The van der Waals surface area contributed by atoms with Crippen molar-refractivity contribution in [1.82, 2.24) is 5.32 Å². The Hall–Kier alpha value is -2.94. The first kappa shape index (κ1) is 22.4. The van der Waals surface area contributed by atoms with E-state index in [2.05, 4.69) is 5.32 Å². The van der Waals surface area contributed by atoms with E-state index >= 15 is 0 Å². The SMILES string of the molecule is Cc1ccc([C@H](C)NC(=O)CN(c2cccc([N+](=O)[O-])c2C)S(C)(=O)=O)cc1C. The van der Waals surface area contributed by atoms with Crippen LogP contribution in [-0.2, 0) is 14.8 Å². The number of amides is 1. The zero-order valence-electron chi connectivity index (χ0n) is 17.1. The molecule has 0 saturated carbocycles. The first-order valence-electron chi connectivity index (χ1n) is 9.00. The number of sulfonamides is 1. The molecule has 156 valence electrons. The third kappa shape index (κ3) is 5.32. The number of hydrogen-bond donors (Lipinski definition) is 1. The fourth-order valence-electron chi connectivity index (χ4n) is 3.00. The summed E-state index contributed by atoms with van der Waals surface area (Å²) in [4.78, 5) is 23.2. The van der Waals surface area contributed by atoms with Gasteiger partial charge in [-0.15, -0.1) is 0 Å². The average Bonchev–Trinajstić information content (AvgIpc) is 2.61. The molecule has 0 radical (unpaired) electrons. The Morgan fingerprint density at radius 3 is 2.38 bits per heavy atom. The molecule has 0 heterocycles. The van der Waals surface area contributed by atoms with Gasteiger partial charge in [-0.1, -0.05) is 24.3 Å². The van der Waals surface area contributed by atoms with E-state index in [1.54, 1.807) is 0 Å². The highest BCUT2D eigenvalue weighted by Crippen LogP contribution is 2.29. The second kappa shape index (κ2) is 8.60. The molecule has 2 aromatic carbocycles. The molecule has 0 spiro atoms. The minimum Gasteiger partial charge on any atom is -0.348 e. The summed E-state index contributed by atoms with van der Waals surface area (Å²) in [6.07, 6.45) is 0.964. The maximum absolute atomic E-state index is 12.6. The lowest BCUT2D eigenvalue weighted by Gasteiger charge is -2.24. The van der Waals surface area contributed by atoms with Crippen LogP contribution < -0.4 is 9.62 Å². The molecule has 1 amide bonds. The first-order chi connectivity index (χ1) is 13.4. The van der Waals surface area contributed by atoms with Gasteiger partial charge in [0.1, 0.15) is 6.54 Å². The van der Waals surface area contributed by atoms with E-state index in [-0.39, 0.29) is 23.0 Å². The van der Waals surface area contributed by atoms with Crippen molar-refractivity contribution in [3.05, 3.63) is 68.8 Å². The van der Waals surface area contributed by atoms with E-state index in [0.717, 1.165) is 27.3 Å². The van der Waals surface area contributed by atoms with E-state index in [9.17, 15) is 23.3 Å². The summed E-state index contributed by atoms with van der Waals surface area (Å²) >= 11 is 0. The number of rotatable bonds is 7. The lowest BCUT2D eigenvalue weighted by atomic mass is 10.0. The molecule has 0 aliphatic carbocycles. The highest BCUT2D eigenvalue weighted by atomic mass is 32.2. The van der Waals surface area contributed by atoms with Gasteiger partial charge in [-0.3, -0.25) is 19.2 Å². The van der Waals surface area contributed by atoms with Gasteiger partial charge in [-0.05, 0) is 50.5 Å². The fraction of sp³-hybridized carbons (Fsp3) is 0.350. The predicted octanol–water partition coefficient (Wildman–Crippen LogP) is 3.16. The Balaban J connectivity index is 2.27. The van der Waals surface area contributed by atoms with E-state index in [4.69, 9.17) is 0 Å². The fourth-order valence-corrected chi connectivity index (χ4v) is 3.90. The summed E-state index contributed by atoms with van der Waals surface area (Å²) in [5.41, 5.74) is 3.21. The maximum atomic E-state index is 12.6. The summed E-state index contributed by atoms with van der Waals surface area (Å²) in [6.45, 7) is 6.76. The number of nitrogens with zero attached hydrogens (tertiary/aromatic N) is 2. The third-order valence-corrected chi connectivity index (χ3v) is 5.96. The van der Waals surface area contributed by atoms with Crippen molar-refractivity contribution in [2.45, 2.75) is 33.7 Å². The van der Waals surface area contributed by atoms with Gasteiger partial charge in [0.05, 0.1) is 28.5 Å². The summed E-state index contributed by atoms with van der Waals surface area (Å²) in [5, 5.41) is 14.0. The first-order valence-corrected chi connectivity index (χ1v) is 10.8. The lowest BCUT2D eigenvalue weighted by Crippen LogP contribution is -2.41. The number of nitro benzene ring substituents is 1. The second-order valence-corrected chi connectivity index (χ2v) is 8.99. The quantitative estimate of drug-likeness (QED) is 0.548. The average molecular weight is 420 g/mol. The number of hydrogen-bond acceptors (Lipinski definition) is 5. The van der Waals surface area contributed by atoms with Crippen molar-refractivity contribution in [3.8, 4) is 0 Å². The van der Waals surface area contributed by atoms with Crippen molar-refractivity contribution in [2.75, 3.05) is 17.1 Å². The molecule has 0 aromatic heterocycles. The number of nitro groups is 1. The Morgan fingerprint density at radius 1 is 1.17 bits per heavy atom. The van der Waals surface area contributed by atoms with Crippen molar-refractivity contribution in [3.63, 3.8) is 0 Å². The van der Waals surface area contributed by atoms with Crippen LogP contribution in [-0.4, -0.2) is 32.0 Å². The molecule has 9 heteroatoms. The highest BCUT2D eigenvalue weighted by molar-refractivity contribution is 7.92. The van der Waals surface area contributed by atoms with Crippen molar-refractivity contribution in [1.29, 1.82) is 0 Å². The number of anilines is 1. The van der Waals surface area contributed by atoms with Crippen LogP contribution in [0.4, 0.5) is 11.4 Å². The van der Waals surface area contributed by atoms with Gasteiger partial charge in [0.15, 0.2) is 0 Å². The van der Waals surface area contributed by atoms with Gasteiger partial charge in [0.2, 0.25) is 15.9 Å². The Bertz CT molecular complexity index is 1050. The van der Waals surface area contributed by atoms with Crippen molar-refractivity contribution in [2.24, 2.45) is 0 Å². The van der Waals surface area contributed by atoms with Gasteiger partial charge >= 0.3 is 0 Å². The molecule has 2 rings (SSSR count).